The Morgan fingerprint density at radius 1 is 1.00 bits per heavy atom. The molecule has 0 saturated carbocycles. The van der Waals surface area contributed by atoms with Crippen LogP contribution in [-0.4, -0.2) is 37.4 Å². The van der Waals surface area contributed by atoms with Crippen LogP contribution in [0, 0.1) is 22.7 Å². The Hall–Kier alpha value is -1.14. The van der Waals surface area contributed by atoms with Crippen LogP contribution < -0.4 is 10.6 Å². The van der Waals surface area contributed by atoms with E-state index >= 15 is 0 Å². The molecule has 0 aromatic heterocycles. The summed E-state index contributed by atoms with van der Waals surface area (Å²) in [4.78, 5) is 0. The average molecular weight is 196 g/mol. The minimum absolute atomic E-state index is 0.453. The maximum atomic E-state index is 9.36. The molecular formula is C9H16N4O. The molecule has 5 nitrogen and oxygen atoms in total. The third kappa shape index (κ3) is 8.95. The lowest BCUT2D eigenvalue weighted by atomic mass is 10.3. The lowest BCUT2D eigenvalue weighted by Crippen LogP contribution is -2.36. The molecule has 0 bridgehead atoms. The van der Waals surface area contributed by atoms with Crippen LogP contribution >= 0.6 is 0 Å². The summed E-state index contributed by atoms with van der Waals surface area (Å²) in [6, 6.07) is 4.01. The Morgan fingerprint density at radius 3 is 1.79 bits per heavy atom. The molecule has 14 heavy (non-hydrogen) atoms. The summed E-state index contributed by atoms with van der Waals surface area (Å²) < 4.78 is 0. The fourth-order valence-corrected chi connectivity index (χ4v) is 0.898. The average Bonchev–Trinajstić information content (AvgIpc) is 2.19. The molecular weight excluding hydrogens is 180 g/mol. The monoisotopic (exact) mass is 196 g/mol. The molecule has 0 atom stereocenters. The Balaban J connectivity index is 3.16. The second-order valence-electron chi connectivity index (χ2n) is 2.88. The fraction of sp³-hybridized carbons (Fsp3) is 0.778. The summed E-state index contributed by atoms with van der Waals surface area (Å²) in [5, 5.41) is 31.7. The van der Waals surface area contributed by atoms with Crippen LogP contribution in [0.25, 0.3) is 0 Å². The number of nitrogens with one attached hydrogen (secondary N) is 2. The van der Waals surface area contributed by atoms with Crippen molar-refractivity contribution in [1.82, 2.24) is 10.6 Å². The molecule has 0 unspecified atom stereocenters. The molecule has 0 heterocycles. The molecule has 0 saturated heterocycles. The molecule has 0 aliphatic heterocycles. The summed E-state index contributed by atoms with van der Waals surface area (Å²) in [5.74, 6) is 0. The maximum Gasteiger partial charge on any atom is 0.0788 e. The third-order valence-corrected chi connectivity index (χ3v) is 1.59. The summed E-state index contributed by atoms with van der Waals surface area (Å²) in [6.07, 6.45) is 0.441. The number of nitrogens with zero attached hydrogens (tertiary/aromatic N) is 2. The van der Waals surface area contributed by atoms with E-state index in [9.17, 15) is 5.11 Å². The van der Waals surface area contributed by atoms with E-state index in [4.69, 9.17) is 10.5 Å². The zero-order chi connectivity index (χ0) is 10.6. The molecule has 5 heteroatoms. The van der Waals surface area contributed by atoms with Crippen molar-refractivity contribution in [1.29, 1.82) is 10.5 Å². The molecule has 0 fully saturated rings. The van der Waals surface area contributed by atoms with Crippen LogP contribution in [0.15, 0.2) is 0 Å². The number of aliphatic hydroxyl groups excluding tert-OH is 1. The standard InChI is InChI=1S/C9H16N4O/c10-3-1-5-12-7-9(14)8-13-6-2-4-11/h9,12-14H,1-2,5-8H2. The van der Waals surface area contributed by atoms with Gasteiger partial charge in [-0.2, -0.15) is 10.5 Å². The van der Waals surface area contributed by atoms with Crippen LogP contribution in [0.4, 0.5) is 0 Å². The number of aliphatic hydroxyl groups is 1. The Bertz CT molecular complexity index is 184. The summed E-state index contributed by atoms with van der Waals surface area (Å²) in [7, 11) is 0. The minimum atomic E-state index is -0.465. The molecule has 0 aromatic carbocycles. The zero-order valence-corrected chi connectivity index (χ0v) is 8.16. The molecule has 3 N–H and O–H groups in total. The highest BCUT2D eigenvalue weighted by Crippen LogP contribution is 1.80. The fourth-order valence-electron chi connectivity index (χ4n) is 0.898. The van der Waals surface area contributed by atoms with E-state index in [-0.39, 0.29) is 0 Å². The SMILES string of the molecule is N#CCCNCC(O)CNCCC#N. The van der Waals surface area contributed by atoms with E-state index < -0.39 is 6.10 Å². The number of rotatable bonds is 8. The zero-order valence-electron chi connectivity index (χ0n) is 8.16. The van der Waals surface area contributed by atoms with E-state index in [1.54, 1.807) is 0 Å². The van der Waals surface area contributed by atoms with Crippen LogP contribution in [0.3, 0.4) is 0 Å². The third-order valence-electron chi connectivity index (χ3n) is 1.59. The van der Waals surface area contributed by atoms with Crippen LogP contribution in [0.2, 0.25) is 0 Å². The molecule has 0 spiro atoms. The van der Waals surface area contributed by atoms with Crippen molar-refractivity contribution >= 4 is 0 Å². The first-order chi connectivity index (χ1) is 6.81. The van der Waals surface area contributed by atoms with Gasteiger partial charge in [-0.25, -0.2) is 0 Å². The second kappa shape index (κ2) is 9.94. The highest BCUT2D eigenvalue weighted by atomic mass is 16.3. The first-order valence-electron chi connectivity index (χ1n) is 4.64. The van der Waals surface area contributed by atoms with E-state index in [0.717, 1.165) is 0 Å². The number of hydrogen-bond donors (Lipinski definition) is 3. The topological polar surface area (TPSA) is 91.9 Å². The quantitative estimate of drug-likeness (QED) is 0.449. The van der Waals surface area contributed by atoms with E-state index in [0.29, 0.717) is 39.0 Å². The maximum absolute atomic E-state index is 9.36. The van der Waals surface area contributed by atoms with Gasteiger partial charge in [0.2, 0.25) is 0 Å². The molecule has 0 rings (SSSR count). The van der Waals surface area contributed by atoms with Gasteiger partial charge in [0.25, 0.3) is 0 Å². The van der Waals surface area contributed by atoms with E-state index in [1.165, 1.54) is 0 Å². The van der Waals surface area contributed by atoms with Crippen LogP contribution in [-0.2, 0) is 0 Å². The van der Waals surface area contributed by atoms with Gasteiger partial charge in [-0.3, -0.25) is 0 Å². The predicted molar refractivity (Wildman–Crippen MR) is 52.2 cm³/mol. The minimum Gasteiger partial charge on any atom is -0.390 e. The van der Waals surface area contributed by atoms with Gasteiger partial charge in [0.1, 0.15) is 0 Å². The van der Waals surface area contributed by atoms with Crippen molar-refractivity contribution < 1.29 is 5.11 Å². The molecule has 78 valence electrons. The molecule has 0 amide bonds. The predicted octanol–water partition coefficient (Wildman–Crippen LogP) is -0.646. The summed E-state index contributed by atoms with van der Waals surface area (Å²) in [6.45, 7) is 2.15. The van der Waals surface area contributed by atoms with Gasteiger partial charge in [0.05, 0.1) is 18.2 Å². The smallest absolute Gasteiger partial charge is 0.0788 e. The van der Waals surface area contributed by atoms with Crippen molar-refractivity contribution in [2.75, 3.05) is 26.2 Å². The summed E-state index contributed by atoms with van der Waals surface area (Å²) >= 11 is 0. The van der Waals surface area contributed by atoms with E-state index in [2.05, 4.69) is 10.6 Å². The van der Waals surface area contributed by atoms with Crippen molar-refractivity contribution in [3.63, 3.8) is 0 Å². The van der Waals surface area contributed by atoms with Gasteiger partial charge in [0, 0.05) is 39.0 Å². The lowest BCUT2D eigenvalue weighted by Gasteiger charge is -2.11. The second-order valence-corrected chi connectivity index (χ2v) is 2.88. The van der Waals surface area contributed by atoms with Crippen LogP contribution in [0.5, 0.6) is 0 Å². The van der Waals surface area contributed by atoms with Crippen LogP contribution in [0.1, 0.15) is 12.8 Å². The van der Waals surface area contributed by atoms with Gasteiger partial charge in [-0.05, 0) is 0 Å². The van der Waals surface area contributed by atoms with Gasteiger partial charge in [-0.1, -0.05) is 0 Å². The molecule has 0 aliphatic carbocycles. The van der Waals surface area contributed by atoms with Gasteiger partial charge in [-0.15, -0.1) is 0 Å². The molecule has 0 radical (unpaired) electrons. The van der Waals surface area contributed by atoms with Crippen molar-refractivity contribution in [3.8, 4) is 12.1 Å². The van der Waals surface area contributed by atoms with Gasteiger partial charge < -0.3 is 15.7 Å². The Labute approximate surface area is 84.3 Å². The van der Waals surface area contributed by atoms with E-state index in [1.807, 2.05) is 12.1 Å². The van der Waals surface area contributed by atoms with Gasteiger partial charge >= 0.3 is 0 Å². The summed E-state index contributed by atoms with van der Waals surface area (Å²) in [5.41, 5.74) is 0. The lowest BCUT2D eigenvalue weighted by molar-refractivity contribution is 0.169. The Kier molecular flexibility index (Phi) is 9.13. The largest absolute Gasteiger partial charge is 0.390 e. The van der Waals surface area contributed by atoms with Crippen molar-refractivity contribution in [3.05, 3.63) is 0 Å². The highest BCUT2D eigenvalue weighted by Gasteiger charge is 2.01. The molecule has 0 aromatic rings. The highest BCUT2D eigenvalue weighted by molar-refractivity contribution is 4.73. The normalized spacial score (nSPS) is 9.71. The van der Waals surface area contributed by atoms with Crippen molar-refractivity contribution in [2.24, 2.45) is 0 Å². The first kappa shape index (κ1) is 12.9. The number of nitriles is 2. The number of hydrogen-bond acceptors (Lipinski definition) is 5. The Morgan fingerprint density at radius 2 is 1.43 bits per heavy atom. The first-order valence-corrected chi connectivity index (χ1v) is 4.64. The molecule has 0 aliphatic rings. The van der Waals surface area contributed by atoms with Gasteiger partial charge in [0.15, 0.2) is 0 Å². The van der Waals surface area contributed by atoms with Crippen molar-refractivity contribution in [2.45, 2.75) is 18.9 Å².